The molecule has 0 saturated heterocycles. The van der Waals surface area contributed by atoms with Crippen LogP contribution in [0.5, 0.6) is 0 Å². The summed E-state index contributed by atoms with van der Waals surface area (Å²) in [5.74, 6) is 10.7. The third-order valence-corrected chi connectivity index (χ3v) is 2.40. The number of allylic oxidation sites excluding steroid dienone is 3. The first-order valence-corrected chi connectivity index (χ1v) is 6.78. The Morgan fingerprint density at radius 1 is 1.11 bits per heavy atom. The van der Waals surface area contributed by atoms with Crippen LogP contribution in [0.3, 0.4) is 0 Å². The van der Waals surface area contributed by atoms with Gasteiger partial charge in [-0.1, -0.05) is 56.6 Å². The van der Waals surface area contributed by atoms with E-state index < -0.39 is 6.10 Å². The van der Waals surface area contributed by atoms with E-state index in [2.05, 4.69) is 30.6 Å². The van der Waals surface area contributed by atoms with Crippen LogP contribution in [0.4, 0.5) is 0 Å². The van der Waals surface area contributed by atoms with Gasteiger partial charge in [-0.25, -0.2) is 0 Å². The van der Waals surface area contributed by atoms with E-state index >= 15 is 0 Å². The zero-order valence-corrected chi connectivity index (χ0v) is 11.6. The molecule has 0 aromatic carbocycles. The van der Waals surface area contributed by atoms with Gasteiger partial charge in [-0.15, -0.1) is 0 Å². The van der Waals surface area contributed by atoms with Gasteiger partial charge in [0.2, 0.25) is 0 Å². The molecule has 0 heterocycles. The van der Waals surface area contributed by atoms with Gasteiger partial charge in [-0.2, -0.15) is 0 Å². The fourth-order valence-corrected chi connectivity index (χ4v) is 1.41. The van der Waals surface area contributed by atoms with E-state index in [9.17, 15) is 5.11 Å². The zero-order valence-electron chi connectivity index (χ0n) is 11.6. The third-order valence-electron chi connectivity index (χ3n) is 2.40. The molecule has 0 radical (unpaired) electrons. The Labute approximate surface area is 112 Å². The van der Waals surface area contributed by atoms with Crippen LogP contribution in [0, 0.1) is 23.7 Å². The summed E-state index contributed by atoms with van der Waals surface area (Å²) in [5, 5.41) is 9.50. The number of rotatable bonds is 7. The SMILES string of the molecule is C/C=C\C#CC#CC(O)/C=C/CCCCCCC. The van der Waals surface area contributed by atoms with Gasteiger partial charge in [0, 0.05) is 0 Å². The molecule has 1 heteroatoms. The van der Waals surface area contributed by atoms with E-state index in [1.165, 1.54) is 32.1 Å². The van der Waals surface area contributed by atoms with Crippen molar-refractivity contribution in [1.29, 1.82) is 0 Å². The van der Waals surface area contributed by atoms with Gasteiger partial charge >= 0.3 is 0 Å². The Balaban J connectivity index is 3.68. The molecule has 0 aliphatic rings. The number of hydrogen-bond acceptors (Lipinski definition) is 1. The second-order valence-electron chi connectivity index (χ2n) is 4.11. The first-order chi connectivity index (χ1) is 8.81. The monoisotopic (exact) mass is 244 g/mol. The first kappa shape index (κ1) is 16.6. The Bertz CT molecular complexity index is 355. The zero-order chi connectivity index (χ0) is 13.5. The molecule has 0 aromatic heterocycles. The van der Waals surface area contributed by atoms with E-state index in [-0.39, 0.29) is 0 Å². The second-order valence-corrected chi connectivity index (χ2v) is 4.11. The summed E-state index contributed by atoms with van der Waals surface area (Å²) in [6.45, 7) is 4.12. The number of unbranched alkanes of at least 4 members (excludes halogenated alkanes) is 5. The lowest BCUT2D eigenvalue weighted by Crippen LogP contribution is -1.96. The van der Waals surface area contributed by atoms with Crippen LogP contribution in [0.2, 0.25) is 0 Å². The van der Waals surface area contributed by atoms with E-state index in [1.54, 1.807) is 12.2 Å². The number of hydrogen-bond donors (Lipinski definition) is 1. The standard InChI is InChI=1S/C17H24O/c1-3-5-7-9-10-12-14-16-17(18)15-13-11-8-6-4-2/h4,6,14,16-18H,3,5,7,9-10,12H2,1-2H3/b6-4-,16-14+. The highest BCUT2D eigenvalue weighted by molar-refractivity contribution is 5.32. The van der Waals surface area contributed by atoms with Crippen molar-refractivity contribution in [2.75, 3.05) is 0 Å². The van der Waals surface area contributed by atoms with Crippen molar-refractivity contribution in [3.8, 4) is 23.7 Å². The van der Waals surface area contributed by atoms with Crippen molar-refractivity contribution >= 4 is 0 Å². The van der Waals surface area contributed by atoms with Crippen LogP contribution in [0.25, 0.3) is 0 Å². The maximum Gasteiger partial charge on any atom is 0.134 e. The van der Waals surface area contributed by atoms with Crippen molar-refractivity contribution in [2.45, 2.75) is 58.5 Å². The first-order valence-electron chi connectivity index (χ1n) is 6.78. The lowest BCUT2D eigenvalue weighted by atomic mass is 10.1. The Hall–Kier alpha value is -1.44. The van der Waals surface area contributed by atoms with E-state index in [0.29, 0.717) is 0 Å². The summed E-state index contributed by atoms with van der Waals surface area (Å²) in [7, 11) is 0. The van der Waals surface area contributed by atoms with Gasteiger partial charge in [0.25, 0.3) is 0 Å². The highest BCUT2D eigenvalue weighted by Gasteiger charge is 1.90. The molecule has 18 heavy (non-hydrogen) atoms. The molecular formula is C17H24O. The average molecular weight is 244 g/mol. The summed E-state index contributed by atoms with van der Waals surface area (Å²) in [6.07, 6.45) is 14.0. The van der Waals surface area contributed by atoms with Crippen molar-refractivity contribution < 1.29 is 5.11 Å². The summed E-state index contributed by atoms with van der Waals surface area (Å²) in [4.78, 5) is 0. The fourth-order valence-electron chi connectivity index (χ4n) is 1.41. The molecular weight excluding hydrogens is 220 g/mol. The molecule has 0 aliphatic heterocycles. The maximum absolute atomic E-state index is 9.50. The van der Waals surface area contributed by atoms with E-state index in [1.807, 2.05) is 19.1 Å². The minimum Gasteiger partial charge on any atom is -0.377 e. The highest BCUT2D eigenvalue weighted by atomic mass is 16.3. The van der Waals surface area contributed by atoms with Crippen molar-refractivity contribution in [2.24, 2.45) is 0 Å². The molecule has 0 bridgehead atoms. The highest BCUT2D eigenvalue weighted by Crippen LogP contribution is 2.05. The summed E-state index contributed by atoms with van der Waals surface area (Å²) in [5.41, 5.74) is 0. The van der Waals surface area contributed by atoms with Gasteiger partial charge in [-0.3, -0.25) is 0 Å². The third kappa shape index (κ3) is 12.6. The van der Waals surface area contributed by atoms with Crippen molar-refractivity contribution in [1.82, 2.24) is 0 Å². The van der Waals surface area contributed by atoms with Crippen LogP contribution in [-0.4, -0.2) is 11.2 Å². The number of aliphatic hydroxyl groups is 1. The van der Waals surface area contributed by atoms with Gasteiger partial charge < -0.3 is 5.11 Å². The van der Waals surface area contributed by atoms with Crippen LogP contribution in [0.1, 0.15) is 52.4 Å². The topological polar surface area (TPSA) is 20.2 Å². The van der Waals surface area contributed by atoms with Gasteiger partial charge in [0.15, 0.2) is 0 Å². The molecule has 0 spiro atoms. The molecule has 1 unspecified atom stereocenters. The van der Waals surface area contributed by atoms with Gasteiger partial charge in [0.05, 0.1) is 0 Å². The Morgan fingerprint density at radius 3 is 2.61 bits per heavy atom. The molecule has 0 fully saturated rings. The van der Waals surface area contributed by atoms with E-state index in [0.717, 1.165) is 6.42 Å². The van der Waals surface area contributed by atoms with Crippen molar-refractivity contribution in [3.63, 3.8) is 0 Å². The van der Waals surface area contributed by atoms with Crippen LogP contribution in [-0.2, 0) is 0 Å². The molecule has 1 nitrogen and oxygen atoms in total. The summed E-state index contributed by atoms with van der Waals surface area (Å²) >= 11 is 0. The largest absolute Gasteiger partial charge is 0.377 e. The molecule has 0 saturated carbocycles. The van der Waals surface area contributed by atoms with Gasteiger partial charge in [-0.05, 0) is 43.8 Å². The van der Waals surface area contributed by atoms with Crippen LogP contribution >= 0.6 is 0 Å². The predicted octanol–water partition coefficient (Wildman–Crippen LogP) is 3.85. The minimum absolute atomic E-state index is 0.694. The lowest BCUT2D eigenvalue weighted by Gasteiger charge is -1.96. The Kier molecular flexibility index (Phi) is 12.5. The Morgan fingerprint density at radius 2 is 1.89 bits per heavy atom. The minimum atomic E-state index is -0.694. The van der Waals surface area contributed by atoms with Crippen LogP contribution < -0.4 is 0 Å². The quantitative estimate of drug-likeness (QED) is 0.410. The smallest absolute Gasteiger partial charge is 0.134 e. The lowest BCUT2D eigenvalue weighted by molar-refractivity contribution is 0.280. The molecule has 98 valence electrons. The molecule has 0 amide bonds. The molecule has 1 atom stereocenters. The van der Waals surface area contributed by atoms with Crippen LogP contribution in [0.15, 0.2) is 24.3 Å². The predicted molar refractivity (Wildman–Crippen MR) is 78.9 cm³/mol. The summed E-state index contributed by atoms with van der Waals surface area (Å²) in [6, 6.07) is 0. The normalized spacial score (nSPS) is 11.9. The molecule has 1 N–H and O–H groups in total. The second kappa shape index (κ2) is 13.6. The van der Waals surface area contributed by atoms with Gasteiger partial charge in [0.1, 0.15) is 6.10 Å². The van der Waals surface area contributed by atoms with Crippen molar-refractivity contribution in [3.05, 3.63) is 24.3 Å². The molecule has 0 rings (SSSR count). The summed E-state index contributed by atoms with van der Waals surface area (Å²) < 4.78 is 0. The average Bonchev–Trinajstić information content (AvgIpc) is 2.37. The maximum atomic E-state index is 9.50. The molecule has 0 aliphatic carbocycles. The number of aliphatic hydroxyl groups excluding tert-OH is 1. The fraction of sp³-hybridized carbons (Fsp3) is 0.529. The van der Waals surface area contributed by atoms with E-state index in [4.69, 9.17) is 0 Å². The molecule has 0 aromatic rings.